The second kappa shape index (κ2) is 11.6. The minimum atomic E-state index is -4.81. The SMILES string of the molecule is CC(C)(NS(=O)(=O)c1ccc(NC(=O)[C@H](Cc2ccccc2)NC(O)c2ccc(F)cc2)cc1)C(F)(F)F. The number of aliphatic hydroxyl groups is 1. The largest absolute Gasteiger partial charge is 0.407 e. The molecule has 0 aliphatic carbocycles. The molecule has 1 unspecified atom stereocenters. The van der Waals surface area contributed by atoms with Gasteiger partial charge in [-0.25, -0.2) is 12.8 Å². The fraction of sp³-hybridized carbons (Fsp3) is 0.269. The summed E-state index contributed by atoms with van der Waals surface area (Å²) in [6, 6.07) is 17.7. The van der Waals surface area contributed by atoms with Gasteiger partial charge in [0.15, 0.2) is 0 Å². The van der Waals surface area contributed by atoms with Crippen LogP contribution in [0.1, 0.15) is 31.2 Å². The molecule has 0 fully saturated rings. The summed E-state index contributed by atoms with van der Waals surface area (Å²) in [5, 5.41) is 16.0. The molecule has 0 bridgehead atoms. The van der Waals surface area contributed by atoms with E-state index in [1.54, 1.807) is 35.1 Å². The van der Waals surface area contributed by atoms with Crippen molar-refractivity contribution in [1.29, 1.82) is 0 Å². The van der Waals surface area contributed by atoms with Crippen LogP contribution < -0.4 is 15.4 Å². The van der Waals surface area contributed by atoms with Gasteiger partial charge in [-0.3, -0.25) is 10.1 Å². The number of rotatable bonds is 10. The Morgan fingerprint density at radius 3 is 2.05 bits per heavy atom. The zero-order valence-electron chi connectivity index (χ0n) is 20.5. The Morgan fingerprint density at radius 2 is 1.50 bits per heavy atom. The molecule has 38 heavy (non-hydrogen) atoms. The van der Waals surface area contributed by atoms with Crippen LogP contribution in [-0.2, 0) is 21.2 Å². The summed E-state index contributed by atoms with van der Waals surface area (Å²) in [6.07, 6.45) is -5.94. The minimum Gasteiger partial charge on any atom is -0.374 e. The summed E-state index contributed by atoms with van der Waals surface area (Å²) < 4.78 is 79.2. The third-order valence-corrected chi connectivity index (χ3v) is 7.35. The van der Waals surface area contributed by atoms with Crippen LogP contribution in [0.3, 0.4) is 0 Å². The van der Waals surface area contributed by atoms with E-state index in [1.165, 1.54) is 36.4 Å². The second-order valence-electron chi connectivity index (χ2n) is 9.10. The van der Waals surface area contributed by atoms with Gasteiger partial charge in [0.25, 0.3) is 0 Å². The Hall–Kier alpha value is -3.32. The van der Waals surface area contributed by atoms with E-state index in [0.717, 1.165) is 17.7 Å². The van der Waals surface area contributed by atoms with Gasteiger partial charge in [-0.1, -0.05) is 42.5 Å². The minimum absolute atomic E-state index is 0.174. The lowest BCUT2D eigenvalue weighted by Crippen LogP contribution is -2.54. The van der Waals surface area contributed by atoms with Crippen LogP contribution in [0.15, 0.2) is 83.8 Å². The van der Waals surface area contributed by atoms with Crippen LogP contribution >= 0.6 is 0 Å². The molecule has 2 atom stereocenters. The molecule has 0 aliphatic rings. The maximum absolute atomic E-state index is 13.2. The molecule has 3 aromatic rings. The van der Waals surface area contributed by atoms with Gasteiger partial charge in [0, 0.05) is 5.69 Å². The van der Waals surface area contributed by atoms with E-state index in [4.69, 9.17) is 0 Å². The third-order valence-electron chi connectivity index (χ3n) is 5.67. The van der Waals surface area contributed by atoms with E-state index in [-0.39, 0.29) is 12.1 Å². The van der Waals surface area contributed by atoms with Crippen molar-refractivity contribution in [3.8, 4) is 0 Å². The fourth-order valence-corrected chi connectivity index (χ4v) is 4.81. The highest BCUT2D eigenvalue weighted by molar-refractivity contribution is 7.89. The zero-order chi connectivity index (χ0) is 28.1. The number of hydrogen-bond donors (Lipinski definition) is 4. The lowest BCUT2D eigenvalue weighted by Gasteiger charge is -2.28. The Morgan fingerprint density at radius 1 is 0.921 bits per heavy atom. The van der Waals surface area contributed by atoms with Crippen molar-refractivity contribution >= 4 is 21.6 Å². The molecule has 0 aromatic heterocycles. The number of carbonyl (C=O) groups excluding carboxylic acids is 1. The first kappa shape index (κ1) is 29.2. The molecule has 3 aromatic carbocycles. The van der Waals surface area contributed by atoms with E-state index in [0.29, 0.717) is 19.4 Å². The monoisotopic (exact) mass is 553 g/mol. The number of benzene rings is 3. The lowest BCUT2D eigenvalue weighted by molar-refractivity contribution is -0.180. The van der Waals surface area contributed by atoms with E-state index in [9.17, 15) is 35.9 Å². The van der Waals surface area contributed by atoms with Crippen molar-refractivity contribution in [2.24, 2.45) is 0 Å². The molecule has 0 radical (unpaired) electrons. The maximum Gasteiger partial charge on any atom is 0.407 e. The number of sulfonamides is 1. The molecule has 0 spiro atoms. The topological polar surface area (TPSA) is 108 Å². The first-order valence-electron chi connectivity index (χ1n) is 11.4. The van der Waals surface area contributed by atoms with Gasteiger partial charge in [-0.05, 0) is 67.8 Å². The fourth-order valence-electron chi connectivity index (χ4n) is 3.41. The molecule has 12 heteroatoms. The van der Waals surface area contributed by atoms with Crippen LogP contribution in [0, 0.1) is 5.82 Å². The van der Waals surface area contributed by atoms with Crippen LogP contribution in [0.5, 0.6) is 0 Å². The molecular formula is C26H27F4N3O4S. The van der Waals surface area contributed by atoms with Gasteiger partial charge in [-0.2, -0.15) is 17.9 Å². The summed E-state index contributed by atoms with van der Waals surface area (Å²) in [5.41, 5.74) is -1.40. The lowest BCUT2D eigenvalue weighted by atomic mass is 10.0. The zero-order valence-corrected chi connectivity index (χ0v) is 21.3. The molecule has 0 saturated carbocycles. The summed E-state index contributed by atoms with van der Waals surface area (Å²) in [7, 11) is -4.51. The highest BCUT2D eigenvalue weighted by Gasteiger charge is 2.49. The van der Waals surface area contributed by atoms with Crippen molar-refractivity contribution in [2.45, 2.75) is 49.1 Å². The number of anilines is 1. The second-order valence-corrected chi connectivity index (χ2v) is 10.8. The number of carbonyl (C=O) groups is 1. The van der Waals surface area contributed by atoms with Crippen LogP contribution in [0.2, 0.25) is 0 Å². The van der Waals surface area contributed by atoms with Crippen molar-refractivity contribution in [3.05, 3.63) is 95.8 Å². The number of amides is 1. The van der Waals surface area contributed by atoms with Crippen molar-refractivity contribution < 1.29 is 35.9 Å². The summed E-state index contributed by atoms with van der Waals surface area (Å²) in [4.78, 5) is 12.7. The predicted molar refractivity (Wildman–Crippen MR) is 134 cm³/mol. The van der Waals surface area contributed by atoms with Gasteiger partial charge in [0.2, 0.25) is 15.9 Å². The van der Waals surface area contributed by atoms with Gasteiger partial charge in [-0.15, -0.1) is 0 Å². The normalized spacial score (nSPS) is 14.1. The van der Waals surface area contributed by atoms with Crippen molar-refractivity contribution in [3.63, 3.8) is 0 Å². The number of nitrogens with one attached hydrogen (secondary N) is 3. The van der Waals surface area contributed by atoms with Crippen molar-refractivity contribution in [1.82, 2.24) is 10.0 Å². The van der Waals surface area contributed by atoms with E-state index in [2.05, 4.69) is 10.6 Å². The average Bonchev–Trinajstić information content (AvgIpc) is 2.83. The average molecular weight is 554 g/mol. The maximum atomic E-state index is 13.2. The quantitative estimate of drug-likeness (QED) is 0.222. The molecule has 0 saturated heterocycles. The molecule has 0 aliphatic heterocycles. The van der Waals surface area contributed by atoms with E-state index in [1.807, 2.05) is 0 Å². The van der Waals surface area contributed by atoms with Crippen molar-refractivity contribution in [2.75, 3.05) is 5.32 Å². The Bertz CT molecular complexity index is 1330. The summed E-state index contributed by atoms with van der Waals surface area (Å²) in [6.45, 7) is 1.42. The molecular weight excluding hydrogens is 526 g/mol. The number of alkyl halides is 3. The van der Waals surface area contributed by atoms with Crippen LogP contribution in [-0.4, -0.2) is 37.2 Å². The molecule has 0 heterocycles. The highest BCUT2D eigenvalue weighted by Crippen LogP contribution is 2.31. The smallest absolute Gasteiger partial charge is 0.374 e. The third kappa shape index (κ3) is 7.60. The van der Waals surface area contributed by atoms with Crippen LogP contribution in [0.4, 0.5) is 23.2 Å². The molecule has 3 rings (SSSR count). The summed E-state index contributed by atoms with van der Waals surface area (Å²) in [5.74, 6) is -1.05. The van der Waals surface area contributed by atoms with Gasteiger partial charge in [0.1, 0.15) is 17.6 Å². The number of hydrogen-bond acceptors (Lipinski definition) is 5. The van der Waals surface area contributed by atoms with Crippen LogP contribution in [0.25, 0.3) is 0 Å². The van der Waals surface area contributed by atoms with Gasteiger partial charge < -0.3 is 10.4 Å². The van der Waals surface area contributed by atoms with Gasteiger partial charge in [0.05, 0.1) is 10.9 Å². The van der Waals surface area contributed by atoms with E-state index >= 15 is 0 Å². The molecule has 204 valence electrons. The Kier molecular flexibility index (Phi) is 8.93. The molecule has 7 nitrogen and oxygen atoms in total. The predicted octanol–water partition coefficient (Wildman–Crippen LogP) is 4.28. The first-order valence-corrected chi connectivity index (χ1v) is 12.9. The number of halogens is 4. The number of aliphatic hydroxyl groups excluding tert-OH is 1. The summed E-state index contributed by atoms with van der Waals surface area (Å²) >= 11 is 0. The highest BCUT2D eigenvalue weighted by atomic mass is 32.2. The first-order chi connectivity index (χ1) is 17.7. The molecule has 1 amide bonds. The Labute approximate surface area is 217 Å². The van der Waals surface area contributed by atoms with E-state index < -0.39 is 50.6 Å². The standard InChI is InChI=1S/C26H27F4N3O4S/c1-25(2,26(28,29)30)33-38(36,37)21-14-12-20(13-15-21)31-24(35)22(16-17-6-4-3-5-7-17)32-23(34)18-8-10-19(27)11-9-18/h3-15,22-23,32-34H,16H2,1-2H3,(H,31,35)/t22-,23?/m0/s1. The molecule has 4 N–H and O–H groups in total. The Balaban J connectivity index is 1.76. The van der Waals surface area contributed by atoms with Gasteiger partial charge >= 0.3 is 6.18 Å².